The molecule has 1 unspecified atom stereocenters. The second-order valence-corrected chi connectivity index (χ2v) is 9.63. The summed E-state index contributed by atoms with van der Waals surface area (Å²) in [6.07, 6.45) is 16.6. The van der Waals surface area contributed by atoms with E-state index in [1.165, 1.54) is 83.5 Å². The largest absolute Gasteiger partial charge is 0.481 e. The van der Waals surface area contributed by atoms with Gasteiger partial charge in [0, 0.05) is 12.2 Å². The molecule has 0 amide bonds. The first-order chi connectivity index (χ1) is 17.4. The number of anilines is 1. The van der Waals surface area contributed by atoms with Gasteiger partial charge in [0.25, 0.3) is 0 Å². The predicted molar refractivity (Wildman–Crippen MR) is 143 cm³/mol. The quantitative estimate of drug-likeness (QED) is 0.0947. The van der Waals surface area contributed by atoms with Gasteiger partial charge in [0.2, 0.25) is 0 Å². The number of hydrogen-bond donors (Lipinski definition) is 3. The molecule has 1 aromatic carbocycles. The van der Waals surface area contributed by atoms with E-state index in [2.05, 4.69) is 17.0 Å². The number of hydrogen-bond acceptors (Lipinski definition) is 6. The molecule has 36 heavy (non-hydrogen) atoms. The fourth-order valence-corrected chi connectivity index (χ4v) is 4.07. The Hall–Kier alpha value is -2.41. The highest BCUT2D eigenvalue weighted by Gasteiger charge is 2.22. The van der Waals surface area contributed by atoms with Gasteiger partial charge in [-0.3, -0.25) is 9.59 Å². The Bertz CT molecular complexity index is 734. The van der Waals surface area contributed by atoms with Crippen LogP contribution in [0.4, 0.5) is 5.69 Å². The zero-order chi connectivity index (χ0) is 26.4. The van der Waals surface area contributed by atoms with Crippen LogP contribution in [0.25, 0.3) is 0 Å². The van der Waals surface area contributed by atoms with Gasteiger partial charge >= 0.3 is 17.9 Å². The van der Waals surface area contributed by atoms with Gasteiger partial charge in [-0.05, 0) is 30.5 Å². The number of aliphatic hydroxyl groups is 1. The van der Waals surface area contributed by atoms with Gasteiger partial charge in [-0.2, -0.15) is 0 Å². The lowest BCUT2D eigenvalue weighted by molar-refractivity contribution is -0.168. The lowest BCUT2D eigenvalue weighted by Gasteiger charge is -2.09. The molecule has 3 N–H and O–H groups in total. The highest BCUT2D eigenvalue weighted by atomic mass is 16.6. The van der Waals surface area contributed by atoms with E-state index in [-0.39, 0.29) is 6.42 Å². The van der Waals surface area contributed by atoms with Crippen molar-refractivity contribution in [3.05, 3.63) is 29.8 Å². The van der Waals surface area contributed by atoms with Crippen LogP contribution in [0, 0.1) is 0 Å². The highest BCUT2D eigenvalue weighted by molar-refractivity contribution is 5.89. The van der Waals surface area contributed by atoms with Crippen LogP contribution < -0.4 is 5.32 Å². The SMILES string of the molecule is CCCCCCCCCCCCCCCCNc1ccc(CCC(=O)OC(=O)C(O)CC(=O)O)cc1. The van der Waals surface area contributed by atoms with Gasteiger partial charge < -0.3 is 20.3 Å². The average molecular weight is 506 g/mol. The molecule has 0 aromatic heterocycles. The minimum absolute atomic E-state index is 0.0304. The maximum absolute atomic E-state index is 11.7. The summed E-state index contributed by atoms with van der Waals surface area (Å²) >= 11 is 0. The molecule has 1 rings (SSSR count). The fraction of sp³-hybridized carbons (Fsp3) is 0.690. The van der Waals surface area contributed by atoms with E-state index in [0.717, 1.165) is 24.2 Å². The molecule has 7 nitrogen and oxygen atoms in total. The van der Waals surface area contributed by atoms with E-state index in [4.69, 9.17) is 5.11 Å². The van der Waals surface area contributed by atoms with Gasteiger partial charge in [0.1, 0.15) is 0 Å². The van der Waals surface area contributed by atoms with Crippen molar-refractivity contribution >= 4 is 23.6 Å². The Morgan fingerprint density at radius 2 is 1.31 bits per heavy atom. The molecule has 0 aliphatic rings. The predicted octanol–water partition coefficient (Wildman–Crippen LogP) is 6.42. The average Bonchev–Trinajstić information content (AvgIpc) is 2.85. The molecular formula is C29H47NO6. The number of carboxylic acids is 1. The monoisotopic (exact) mass is 505 g/mol. The molecule has 0 heterocycles. The number of esters is 2. The molecule has 0 bridgehead atoms. The van der Waals surface area contributed by atoms with E-state index in [0.29, 0.717) is 6.42 Å². The number of ether oxygens (including phenoxy) is 1. The van der Waals surface area contributed by atoms with E-state index >= 15 is 0 Å². The minimum atomic E-state index is -1.84. The summed E-state index contributed by atoms with van der Waals surface area (Å²) in [5, 5.41) is 21.3. The van der Waals surface area contributed by atoms with Crippen molar-refractivity contribution in [2.24, 2.45) is 0 Å². The van der Waals surface area contributed by atoms with Crippen molar-refractivity contribution in [2.45, 2.75) is 122 Å². The molecule has 1 aromatic rings. The summed E-state index contributed by atoms with van der Waals surface area (Å²) in [7, 11) is 0. The van der Waals surface area contributed by atoms with Crippen LogP contribution in [0.3, 0.4) is 0 Å². The van der Waals surface area contributed by atoms with E-state index in [1.807, 2.05) is 24.3 Å². The maximum atomic E-state index is 11.7. The molecule has 7 heteroatoms. The third-order valence-electron chi connectivity index (χ3n) is 6.29. The van der Waals surface area contributed by atoms with Gasteiger partial charge in [-0.15, -0.1) is 0 Å². The second kappa shape index (κ2) is 20.7. The Kier molecular flexibility index (Phi) is 18.2. The summed E-state index contributed by atoms with van der Waals surface area (Å²) < 4.78 is 4.49. The number of rotatable bonds is 22. The smallest absolute Gasteiger partial charge is 0.343 e. The van der Waals surface area contributed by atoms with Crippen LogP contribution in [0.5, 0.6) is 0 Å². The summed E-state index contributed by atoms with van der Waals surface area (Å²) in [5.41, 5.74) is 1.95. The number of aliphatic carboxylic acids is 1. The molecule has 1 atom stereocenters. The molecule has 0 aliphatic carbocycles. The third-order valence-corrected chi connectivity index (χ3v) is 6.29. The van der Waals surface area contributed by atoms with Crippen molar-refractivity contribution in [3.63, 3.8) is 0 Å². The Labute approximate surface area is 217 Å². The Balaban J connectivity index is 2.02. The van der Waals surface area contributed by atoms with Crippen molar-refractivity contribution in [1.82, 2.24) is 0 Å². The number of unbranched alkanes of at least 4 members (excludes halogenated alkanes) is 13. The first kappa shape index (κ1) is 31.6. The lowest BCUT2D eigenvalue weighted by Crippen LogP contribution is -2.28. The van der Waals surface area contributed by atoms with Crippen molar-refractivity contribution in [3.8, 4) is 0 Å². The van der Waals surface area contributed by atoms with Crippen LogP contribution in [0.2, 0.25) is 0 Å². The molecule has 0 saturated heterocycles. The third kappa shape index (κ3) is 17.1. The van der Waals surface area contributed by atoms with Crippen LogP contribution in [0.1, 0.15) is 115 Å². The number of carbonyl (C=O) groups excluding carboxylic acids is 2. The summed E-state index contributed by atoms with van der Waals surface area (Å²) in [6.45, 7) is 3.20. The molecule has 204 valence electrons. The fourth-order valence-electron chi connectivity index (χ4n) is 4.07. The van der Waals surface area contributed by atoms with Crippen LogP contribution in [-0.2, 0) is 25.5 Å². The zero-order valence-corrected chi connectivity index (χ0v) is 22.1. The topological polar surface area (TPSA) is 113 Å². The molecule has 0 saturated carbocycles. The number of nitrogens with one attached hydrogen (secondary N) is 1. The number of carbonyl (C=O) groups is 3. The highest BCUT2D eigenvalue weighted by Crippen LogP contribution is 2.14. The lowest BCUT2D eigenvalue weighted by atomic mass is 10.0. The van der Waals surface area contributed by atoms with Crippen molar-refractivity contribution in [2.75, 3.05) is 11.9 Å². The normalized spacial score (nSPS) is 11.7. The van der Waals surface area contributed by atoms with Gasteiger partial charge in [-0.25, -0.2) is 4.79 Å². The molecule has 0 radical (unpaired) electrons. The van der Waals surface area contributed by atoms with Crippen molar-refractivity contribution in [1.29, 1.82) is 0 Å². The van der Waals surface area contributed by atoms with E-state index in [1.54, 1.807) is 0 Å². The molecular weight excluding hydrogens is 458 g/mol. The summed E-state index contributed by atoms with van der Waals surface area (Å²) in [6, 6.07) is 7.77. The number of carboxylic acid groups (broad SMARTS) is 1. The Morgan fingerprint density at radius 3 is 1.81 bits per heavy atom. The summed E-state index contributed by atoms with van der Waals surface area (Å²) in [4.78, 5) is 33.7. The van der Waals surface area contributed by atoms with Gasteiger partial charge in [0.15, 0.2) is 6.10 Å². The zero-order valence-electron chi connectivity index (χ0n) is 22.1. The van der Waals surface area contributed by atoms with Crippen molar-refractivity contribution < 1.29 is 29.3 Å². The van der Waals surface area contributed by atoms with E-state index in [9.17, 15) is 19.5 Å². The molecule has 0 spiro atoms. The van der Waals surface area contributed by atoms with Gasteiger partial charge in [0.05, 0.1) is 12.8 Å². The van der Waals surface area contributed by atoms with Crippen LogP contribution in [-0.4, -0.2) is 40.8 Å². The number of benzene rings is 1. The first-order valence-electron chi connectivity index (χ1n) is 13.9. The minimum Gasteiger partial charge on any atom is -0.481 e. The standard InChI is InChI=1S/C29H47NO6/c1-2-3-4-5-6-7-8-9-10-11-12-13-14-15-22-30-25-19-16-24(17-20-25)18-21-28(34)36-29(35)26(31)23-27(32)33/h16-17,19-20,26,30-31H,2-15,18,21-23H2,1H3,(H,32,33). The van der Waals surface area contributed by atoms with Crippen LogP contribution >= 0.6 is 0 Å². The van der Waals surface area contributed by atoms with Crippen LogP contribution in [0.15, 0.2) is 24.3 Å². The second-order valence-electron chi connectivity index (χ2n) is 9.63. The molecule has 0 aliphatic heterocycles. The number of aryl methyl sites for hydroxylation is 1. The maximum Gasteiger partial charge on any atom is 0.343 e. The number of aliphatic hydroxyl groups excluding tert-OH is 1. The summed E-state index contributed by atoms with van der Waals surface area (Å²) in [5.74, 6) is -3.36. The Morgan fingerprint density at radius 1 is 0.806 bits per heavy atom. The van der Waals surface area contributed by atoms with Gasteiger partial charge in [-0.1, -0.05) is 103 Å². The molecule has 0 fully saturated rings. The van der Waals surface area contributed by atoms with E-state index < -0.39 is 30.4 Å². The first-order valence-corrected chi connectivity index (χ1v) is 13.9.